The summed E-state index contributed by atoms with van der Waals surface area (Å²) in [7, 11) is 0. The number of carbonyl (C=O) groups excluding carboxylic acids is 1. The molecule has 29 heavy (non-hydrogen) atoms. The number of nitrogens with one attached hydrogen (secondary N) is 1. The molecule has 154 valence electrons. The molecule has 0 saturated heterocycles. The molecular weight excluding hydrogens is 362 g/mol. The third-order valence-corrected chi connectivity index (χ3v) is 5.29. The highest BCUT2D eigenvalue weighted by atomic mass is 16.5. The molecule has 2 aromatic carbocycles. The molecule has 0 aliphatic heterocycles. The third kappa shape index (κ3) is 5.59. The first-order valence-electron chi connectivity index (χ1n) is 10.6. The molecule has 0 aliphatic carbocycles. The van der Waals surface area contributed by atoms with Gasteiger partial charge in [-0.25, -0.2) is 4.98 Å². The lowest BCUT2D eigenvalue weighted by Crippen LogP contribution is -2.31. The summed E-state index contributed by atoms with van der Waals surface area (Å²) in [5, 5.41) is 3.07. The molecule has 1 amide bonds. The van der Waals surface area contributed by atoms with Gasteiger partial charge in [-0.3, -0.25) is 4.79 Å². The van der Waals surface area contributed by atoms with Crippen molar-refractivity contribution in [1.29, 1.82) is 0 Å². The maximum atomic E-state index is 12.2. The van der Waals surface area contributed by atoms with Gasteiger partial charge in [0.15, 0.2) is 0 Å². The second-order valence-corrected chi connectivity index (χ2v) is 7.24. The molecule has 0 unspecified atom stereocenters. The number of carbonyl (C=O) groups is 1. The number of nitrogens with zero attached hydrogens (tertiary/aromatic N) is 2. The number of hydrogen-bond donors (Lipinski definition) is 1. The standard InChI is InChI=1S/C24H31N3O2/c1-3-19(4-2)24(28)25-16-10-15-23-26-21-13-8-9-14-22(21)27(23)17-18-29-20-11-6-5-7-12-20/h5-9,11-14,19H,3-4,10,15-18H2,1-2H3,(H,25,28). The van der Waals surface area contributed by atoms with E-state index in [9.17, 15) is 4.79 Å². The highest BCUT2D eigenvalue weighted by Crippen LogP contribution is 2.18. The summed E-state index contributed by atoms with van der Waals surface area (Å²) >= 11 is 0. The van der Waals surface area contributed by atoms with Crippen LogP contribution in [-0.4, -0.2) is 28.6 Å². The van der Waals surface area contributed by atoms with E-state index in [1.54, 1.807) is 0 Å². The molecule has 5 nitrogen and oxygen atoms in total. The minimum absolute atomic E-state index is 0.120. The molecule has 0 aliphatic rings. The largest absolute Gasteiger partial charge is 0.492 e. The fourth-order valence-electron chi connectivity index (χ4n) is 3.60. The number of para-hydroxylation sites is 3. The van der Waals surface area contributed by atoms with Gasteiger partial charge < -0.3 is 14.6 Å². The number of fused-ring (bicyclic) bond motifs is 1. The number of benzene rings is 2. The maximum Gasteiger partial charge on any atom is 0.223 e. The Morgan fingerprint density at radius 3 is 2.55 bits per heavy atom. The van der Waals surface area contributed by atoms with E-state index in [-0.39, 0.29) is 11.8 Å². The van der Waals surface area contributed by atoms with Gasteiger partial charge in [-0.05, 0) is 43.5 Å². The Hall–Kier alpha value is -2.82. The van der Waals surface area contributed by atoms with Crippen molar-refractivity contribution in [3.8, 4) is 5.75 Å². The first kappa shape index (κ1) is 20.9. The molecule has 3 aromatic rings. The molecule has 1 aromatic heterocycles. The number of aromatic nitrogens is 2. The summed E-state index contributed by atoms with van der Waals surface area (Å²) in [6.07, 6.45) is 3.47. The van der Waals surface area contributed by atoms with Crippen molar-refractivity contribution < 1.29 is 9.53 Å². The van der Waals surface area contributed by atoms with E-state index >= 15 is 0 Å². The lowest BCUT2D eigenvalue weighted by atomic mass is 10.0. The van der Waals surface area contributed by atoms with Gasteiger partial charge in [0, 0.05) is 18.9 Å². The topological polar surface area (TPSA) is 56.2 Å². The Bertz CT molecular complexity index is 901. The van der Waals surface area contributed by atoms with Crippen molar-refractivity contribution in [3.05, 3.63) is 60.4 Å². The van der Waals surface area contributed by atoms with Gasteiger partial charge in [0.05, 0.1) is 17.6 Å². The average Bonchev–Trinajstić information content (AvgIpc) is 3.10. The fraction of sp³-hybridized carbons (Fsp3) is 0.417. The van der Waals surface area contributed by atoms with Gasteiger partial charge in [0.2, 0.25) is 5.91 Å². The zero-order valence-electron chi connectivity index (χ0n) is 17.4. The van der Waals surface area contributed by atoms with Crippen LogP contribution in [0, 0.1) is 5.92 Å². The first-order valence-corrected chi connectivity index (χ1v) is 10.6. The minimum Gasteiger partial charge on any atom is -0.492 e. The van der Waals surface area contributed by atoms with E-state index in [0.717, 1.165) is 54.8 Å². The fourth-order valence-corrected chi connectivity index (χ4v) is 3.60. The van der Waals surface area contributed by atoms with Crippen LogP contribution in [-0.2, 0) is 17.8 Å². The summed E-state index contributed by atoms with van der Waals surface area (Å²) < 4.78 is 8.12. The predicted molar refractivity (Wildman–Crippen MR) is 117 cm³/mol. The van der Waals surface area contributed by atoms with Crippen molar-refractivity contribution in [2.24, 2.45) is 5.92 Å². The van der Waals surface area contributed by atoms with Crippen molar-refractivity contribution in [1.82, 2.24) is 14.9 Å². The van der Waals surface area contributed by atoms with Gasteiger partial charge in [0.1, 0.15) is 18.2 Å². The summed E-state index contributed by atoms with van der Waals surface area (Å²) in [4.78, 5) is 17.0. The highest BCUT2D eigenvalue weighted by Gasteiger charge is 2.14. The SMILES string of the molecule is CCC(CC)C(=O)NCCCc1nc2ccccc2n1CCOc1ccccc1. The summed E-state index contributed by atoms with van der Waals surface area (Å²) in [5.41, 5.74) is 2.13. The molecular formula is C24H31N3O2. The van der Waals surface area contributed by atoms with Gasteiger partial charge in [-0.15, -0.1) is 0 Å². The summed E-state index contributed by atoms with van der Waals surface area (Å²) in [5.74, 6) is 2.21. The Kier molecular flexibility index (Phi) is 7.68. The Morgan fingerprint density at radius 2 is 1.79 bits per heavy atom. The van der Waals surface area contributed by atoms with Crippen LogP contribution in [0.3, 0.4) is 0 Å². The zero-order valence-corrected chi connectivity index (χ0v) is 17.4. The van der Waals surface area contributed by atoms with Crippen LogP contribution in [0.25, 0.3) is 11.0 Å². The van der Waals surface area contributed by atoms with E-state index in [1.165, 1.54) is 0 Å². The molecule has 1 heterocycles. The molecule has 0 fully saturated rings. The lowest BCUT2D eigenvalue weighted by molar-refractivity contribution is -0.125. The quantitative estimate of drug-likeness (QED) is 0.484. The van der Waals surface area contributed by atoms with Crippen molar-refractivity contribution in [2.75, 3.05) is 13.2 Å². The molecule has 0 saturated carbocycles. The second kappa shape index (κ2) is 10.6. The van der Waals surface area contributed by atoms with Crippen LogP contribution in [0.2, 0.25) is 0 Å². The lowest BCUT2D eigenvalue weighted by Gasteiger charge is -2.13. The van der Waals surface area contributed by atoms with Crippen LogP contribution < -0.4 is 10.1 Å². The molecule has 5 heteroatoms. The molecule has 0 atom stereocenters. The monoisotopic (exact) mass is 393 g/mol. The van der Waals surface area contributed by atoms with Crippen molar-refractivity contribution in [3.63, 3.8) is 0 Å². The molecule has 3 rings (SSSR count). The number of amides is 1. The molecule has 0 bridgehead atoms. The Labute approximate surface area is 173 Å². The van der Waals surface area contributed by atoms with E-state index < -0.39 is 0 Å². The van der Waals surface area contributed by atoms with Crippen molar-refractivity contribution >= 4 is 16.9 Å². The molecule has 0 radical (unpaired) electrons. The number of imidazole rings is 1. The highest BCUT2D eigenvalue weighted by molar-refractivity contribution is 5.78. The predicted octanol–water partition coefficient (Wildman–Crippen LogP) is 4.60. The van der Waals surface area contributed by atoms with Crippen molar-refractivity contribution in [2.45, 2.75) is 46.1 Å². The van der Waals surface area contributed by atoms with E-state index in [2.05, 4.69) is 29.8 Å². The minimum atomic E-state index is 0.120. The number of aryl methyl sites for hydroxylation is 1. The maximum absolute atomic E-state index is 12.2. The van der Waals surface area contributed by atoms with Crippen LogP contribution >= 0.6 is 0 Å². The second-order valence-electron chi connectivity index (χ2n) is 7.24. The van der Waals surface area contributed by atoms with Crippen LogP contribution in [0.5, 0.6) is 5.75 Å². The van der Waals surface area contributed by atoms with Gasteiger partial charge in [-0.2, -0.15) is 0 Å². The third-order valence-electron chi connectivity index (χ3n) is 5.29. The average molecular weight is 394 g/mol. The Balaban J connectivity index is 1.60. The smallest absolute Gasteiger partial charge is 0.223 e. The molecule has 0 spiro atoms. The zero-order chi connectivity index (χ0) is 20.5. The number of rotatable bonds is 11. The summed E-state index contributed by atoms with van der Waals surface area (Å²) in [6.45, 7) is 6.13. The first-order chi connectivity index (χ1) is 14.2. The van der Waals surface area contributed by atoms with Crippen LogP contribution in [0.4, 0.5) is 0 Å². The molecule has 1 N–H and O–H groups in total. The number of ether oxygens (including phenoxy) is 1. The van der Waals surface area contributed by atoms with Gasteiger partial charge >= 0.3 is 0 Å². The van der Waals surface area contributed by atoms with E-state index in [0.29, 0.717) is 13.2 Å². The van der Waals surface area contributed by atoms with Gasteiger partial charge in [-0.1, -0.05) is 44.2 Å². The van der Waals surface area contributed by atoms with E-state index in [4.69, 9.17) is 9.72 Å². The van der Waals surface area contributed by atoms with Crippen LogP contribution in [0.15, 0.2) is 54.6 Å². The Morgan fingerprint density at radius 1 is 1.07 bits per heavy atom. The summed E-state index contributed by atoms with van der Waals surface area (Å²) in [6, 6.07) is 18.1. The number of hydrogen-bond acceptors (Lipinski definition) is 3. The van der Waals surface area contributed by atoms with Crippen LogP contribution in [0.1, 0.15) is 38.9 Å². The normalized spacial score (nSPS) is 11.1. The van der Waals surface area contributed by atoms with Gasteiger partial charge in [0.25, 0.3) is 0 Å². The van der Waals surface area contributed by atoms with E-state index in [1.807, 2.05) is 48.5 Å².